The number of anilines is 1. The van der Waals surface area contributed by atoms with Crippen molar-refractivity contribution in [2.24, 2.45) is 0 Å². The Bertz CT molecular complexity index is 1450. The fraction of sp³-hybridized carbons (Fsp3) is 0.115. The number of nitrogens with one attached hydrogen (secondary N) is 1. The van der Waals surface area contributed by atoms with E-state index in [2.05, 4.69) is 15.4 Å². The largest absolute Gasteiger partial charge is 0.463 e. The van der Waals surface area contributed by atoms with Gasteiger partial charge in [-0.2, -0.15) is 5.10 Å². The van der Waals surface area contributed by atoms with E-state index in [0.717, 1.165) is 16.6 Å². The number of hydrogen-bond acceptors (Lipinski definition) is 4. The Balaban J connectivity index is 1.49. The highest BCUT2D eigenvalue weighted by Gasteiger charge is 2.19. The molecule has 0 unspecified atom stereocenters. The van der Waals surface area contributed by atoms with Gasteiger partial charge in [0.05, 0.1) is 41.0 Å². The maximum absolute atomic E-state index is 13.4. The quantitative estimate of drug-likeness (QED) is 0.378. The fourth-order valence-electron chi connectivity index (χ4n) is 3.89. The molecule has 0 aliphatic carbocycles. The van der Waals surface area contributed by atoms with E-state index in [1.165, 1.54) is 12.1 Å². The van der Waals surface area contributed by atoms with Crippen LogP contribution in [0.2, 0.25) is 0 Å². The molecule has 5 rings (SSSR count). The molecule has 0 spiro atoms. The highest BCUT2D eigenvalue weighted by molar-refractivity contribution is 6.13. The summed E-state index contributed by atoms with van der Waals surface area (Å²) in [7, 11) is 0. The van der Waals surface area contributed by atoms with Crippen LogP contribution >= 0.6 is 0 Å². The summed E-state index contributed by atoms with van der Waals surface area (Å²) < 4.78 is 20.5. The number of aryl methyl sites for hydroxylation is 1. The molecule has 1 amide bonds. The van der Waals surface area contributed by atoms with Crippen molar-refractivity contribution >= 4 is 22.5 Å². The summed E-state index contributed by atoms with van der Waals surface area (Å²) in [5, 5.41) is 8.36. The van der Waals surface area contributed by atoms with Gasteiger partial charge in [-0.05, 0) is 55.8 Å². The molecular weight excluding hydrogens is 419 g/mol. The molecule has 164 valence electrons. The smallest absolute Gasteiger partial charge is 0.256 e. The number of carbonyl (C=O) groups excluding carboxylic acids is 1. The van der Waals surface area contributed by atoms with Crippen molar-refractivity contribution in [3.05, 3.63) is 101 Å². The van der Waals surface area contributed by atoms with Crippen LogP contribution in [-0.2, 0) is 6.54 Å². The second-order valence-corrected chi connectivity index (χ2v) is 7.83. The molecule has 5 aromatic rings. The standard InChI is InChI=1S/C26H21FN4O2/c1-16-25(17(2)31(30-16)15-18-9-11-19(27)12-10-18)29-26(32)21-14-23(24-8-5-13-33-24)28-22-7-4-3-6-20(21)22/h3-14H,15H2,1-2H3,(H,29,32). The van der Waals surface area contributed by atoms with E-state index < -0.39 is 0 Å². The number of carbonyl (C=O) groups is 1. The predicted molar refractivity (Wildman–Crippen MR) is 125 cm³/mol. The van der Waals surface area contributed by atoms with Gasteiger partial charge >= 0.3 is 0 Å². The number of furan rings is 1. The van der Waals surface area contributed by atoms with Crippen LogP contribution in [0.1, 0.15) is 27.3 Å². The highest BCUT2D eigenvalue weighted by Crippen LogP contribution is 2.27. The van der Waals surface area contributed by atoms with Crippen LogP contribution in [0, 0.1) is 19.7 Å². The van der Waals surface area contributed by atoms with Gasteiger partial charge in [0.15, 0.2) is 5.76 Å². The highest BCUT2D eigenvalue weighted by atomic mass is 19.1. The number of amides is 1. The lowest BCUT2D eigenvalue weighted by molar-refractivity contribution is 0.102. The van der Waals surface area contributed by atoms with E-state index in [-0.39, 0.29) is 11.7 Å². The van der Waals surface area contributed by atoms with Gasteiger partial charge < -0.3 is 9.73 Å². The van der Waals surface area contributed by atoms with Crippen molar-refractivity contribution in [3.63, 3.8) is 0 Å². The summed E-state index contributed by atoms with van der Waals surface area (Å²) in [6.45, 7) is 4.23. The molecule has 0 radical (unpaired) electrons. The van der Waals surface area contributed by atoms with Crippen molar-refractivity contribution < 1.29 is 13.6 Å². The number of fused-ring (bicyclic) bond motifs is 1. The lowest BCUT2D eigenvalue weighted by Crippen LogP contribution is -2.14. The van der Waals surface area contributed by atoms with Crippen LogP contribution in [0.3, 0.4) is 0 Å². The van der Waals surface area contributed by atoms with E-state index in [1.807, 2.05) is 44.2 Å². The number of benzene rings is 2. The number of nitrogens with zero attached hydrogens (tertiary/aromatic N) is 3. The molecule has 1 N–H and O–H groups in total. The summed E-state index contributed by atoms with van der Waals surface area (Å²) in [6.07, 6.45) is 1.58. The Labute approximate surface area is 189 Å². The second kappa shape index (κ2) is 8.35. The van der Waals surface area contributed by atoms with Crippen molar-refractivity contribution in [3.8, 4) is 11.5 Å². The van der Waals surface area contributed by atoms with Crippen molar-refractivity contribution in [1.29, 1.82) is 0 Å². The molecule has 33 heavy (non-hydrogen) atoms. The first-order valence-corrected chi connectivity index (χ1v) is 10.5. The van der Waals surface area contributed by atoms with Gasteiger partial charge in [0, 0.05) is 5.39 Å². The van der Waals surface area contributed by atoms with Crippen LogP contribution in [0.5, 0.6) is 0 Å². The van der Waals surface area contributed by atoms with E-state index in [1.54, 1.807) is 35.2 Å². The number of rotatable bonds is 5. The molecule has 0 aliphatic heterocycles. The van der Waals surface area contributed by atoms with Crippen LogP contribution in [0.15, 0.2) is 77.4 Å². The third-order valence-corrected chi connectivity index (χ3v) is 5.60. The number of hydrogen-bond donors (Lipinski definition) is 1. The van der Waals surface area contributed by atoms with Gasteiger partial charge in [0.2, 0.25) is 0 Å². The zero-order chi connectivity index (χ0) is 22.9. The van der Waals surface area contributed by atoms with Gasteiger partial charge in [0.1, 0.15) is 11.5 Å². The third-order valence-electron chi connectivity index (χ3n) is 5.60. The number of pyridine rings is 1. The van der Waals surface area contributed by atoms with E-state index in [4.69, 9.17) is 4.42 Å². The van der Waals surface area contributed by atoms with Gasteiger partial charge in [-0.25, -0.2) is 9.37 Å². The minimum absolute atomic E-state index is 0.256. The lowest BCUT2D eigenvalue weighted by Gasteiger charge is -2.10. The van der Waals surface area contributed by atoms with Gasteiger partial charge in [0.25, 0.3) is 5.91 Å². The van der Waals surface area contributed by atoms with Crippen molar-refractivity contribution in [1.82, 2.24) is 14.8 Å². The molecule has 0 saturated heterocycles. The van der Waals surface area contributed by atoms with Crippen LogP contribution < -0.4 is 5.32 Å². The average Bonchev–Trinajstić information content (AvgIpc) is 3.45. The van der Waals surface area contributed by atoms with Gasteiger partial charge in [-0.15, -0.1) is 0 Å². The predicted octanol–water partition coefficient (Wildman–Crippen LogP) is 5.75. The topological polar surface area (TPSA) is 73.0 Å². The van der Waals surface area contributed by atoms with Crippen molar-refractivity contribution in [2.45, 2.75) is 20.4 Å². The summed E-state index contributed by atoms with van der Waals surface area (Å²) in [6, 6.07) is 19.2. The molecule has 7 heteroatoms. The second-order valence-electron chi connectivity index (χ2n) is 7.83. The summed E-state index contributed by atoms with van der Waals surface area (Å²) in [5.74, 6) is 0.0572. The minimum atomic E-state index is -0.279. The first-order valence-electron chi connectivity index (χ1n) is 10.5. The average molecular weight is 440 g/mol. The Morgan fingerprint density at radius 2 is 1.85 bits per heavy atom. The molecule has 0 fully saturated rings. The van der Waals surface area contributed by atoms with Gasteiger partial charge in [-0.1, -0.05) is 30.3 Å². The Kier molecular flexibility index (Phi) is 5.22. The van der Waals surface area contributed by atoms with Gasteiger partial charge in [-0.3, -0.25) is 9.48 Å². The Morgan fingerprint density at radius 1 is 1.06 bits per heavy atom. The number of para-hydroxylation sites is 1. The zero-order valence-corrected chi connectivity index (χ0v) is 18.2. The Morgan fingerprint density at radius 3 is 2.61 bits per heavy atom. The first-order chi connectivity index (χ1) is 16.0. The molecule has 6 nitrogen and oxygen atoms in total. The third kappa shape index (κ3) is 4.01. The molecule has 2 aromatic carbocycles. The maximum Gasteiger partial charge on any atom is 0.256 e. The molecule has 3 aromatic heterocycles. The number of halogens is 1. The molecule has 0 atom stereocenters. The van der Waals surface area contributed by atoms with Crippen molar-refractivity contribution in [2.75, 3.05) is 5.32 Å². The molecule has 0 aliphatic rings. The normalized spacial score (nSPS) is 11.1. The summed E-state index contributed by atoms with van der Waals surface area (Å²) in [5.41, 5.74) is 4.88. The fourth-order valence-corrected chi connectivity index (χ4v) is 3.89. The molecule has 0 saturated carbocycles. The molecule has 0 bridgehead atoms. The Hall–Kier alpha value is -4.26. The number of aromatic nitrogens is 3. The summed E-state index contributed by atoms with van der Waals surface area (Å²) in [4.78, 5) is 18.1. The lowest BCUT2D eigenvalue weighted by atomic mass is 10.1. The SMILES string of the molecule is Cc1nn(Cc2ccc(F)cc2)c(C)c1NC(=O)c1cc(-c2ccco2)nc2ccccc12. The maximum atomic E-state index is 13.4. The zero-order valence-electron chi connectivity index (χ0n) is 18.2. The summed E-state index contributed by atoms with van der Waals surface area (Å²) >= 11 is 0. The molecule has 3 heterocycles. The first kappa shape index (κ1) is 20.6. The van der Waals surface area contributed by atoms with Crippen LogP contribution in [0.25, 0.3) is 22.4 Å². The monoisotopic (exact) mass is 440 g/mol. The van der Waals surface area contributed by atoms with E-state index in [0.29, 0.717) is 40.5 Å². The van der Waals surface area contributed by atoms with Crippen LogP contribution in [-0.4, -0.2) is 20.7 Å². The van der Waals surface area contributed by atoms with E-state index >= 15 is 0 Å². The minimum Gasteiger partial charge on any atom is -0.463 e. The van der Waals surface area contributed by atoms with Crippen LogP contribution in [0.4, 0.5) is 10.1 Å². The van der Waals surface area contributed by atoms with E-state index in [9.17, 15) is 9.18 Å². The molecular formula is C26H21FN4O2.